The normalized spacial score (nSPS) is 22.4. The predicted octanol–water partition coefficient (Wildman–Crippen LogP) is 10.4. The molecule has 8 bridgehead atoms. The number of fused-ring (bicyclic) bond motifs is 7. The van der Waals surface area contributed by atoms with Crippen LogP contribution in [0.3, 0.4) is 0 Å². The first-order valence-electron chi connectivity index (χ1n) is 23.0. The summed E-state index contributed by atoms with van der Waals surface area (Å²) in [6.45, 7) is 23.8. The van der Waals surface area contributed by atoms with Gasteiger partial charge in [-0.05, 0) is 112 Å². The van der Waals surface area contributed by atoms with E-state index in [4.69, 9.17) is 4.74 Å². The Morgan fingerprint density at radius 3 is 2.21 bits per heavy atom. The van der Waals surface area contributed by atoms with Crippen LogP contribution in [-0.4, -0.2) is 44.4 Å². The number of allylic oxidation sites excluding steroid dienone is 3. The molecule has 2 aliphatic heterocycles. The number of carboxylic acids is 1. The van der Waals surface area contributed by atoms with E-state index in [1.807, 2.05) is 25.2 Å². The van der Waals surface area contributed by atoms with Crippen molar-refractivity contribution in [2.75, 3.05) is 6.61 Å². The van der Waals surface area contributed by atoms with Gasteiger partial charge in [-0.2, -0.15) is 0 Å². The minimum Gasteiger partial charge on any atom is -0.480 e. The molecule has 1 aliphatic carbocycles. The van der Waals surface area contributed by atoms with Gasteiger partial charge in [0.05, 0.1) is 5.69 Å². The number of H-pyrrole nitrogens is 3. The summed E-state index contributed by atoms with van der Waals surface area (Å²) < 4.78 is 5.76. The van der Waals surface area contributed by atoms with Crippen molar-refractivity contribution in [3.8, 4) is 0 Å². The van der Waals surface area contributed by atoms with E-state index >= 15 is 0 Å². The van der Waals surface area contributed by atoms with Crippen LogP contribution in [0.5, 0.6) is 0 Å². The Hall–Kier alpha value is -5.05. The molecule has 3 aromatic heterocycles. The minimum absolute atomic E-state index is 0.127. The van der Waals surface area contributed by atoms with Crippen molar-refractivity contribution in [2.45, 2.75) is 139 Å². The number of carbonyl (C=O) groups is 3. The highest BCUT2D eigenvalue weighted by molar-refractivity contribution is 6.24. The first-order valence-corrected chi connectivity index (χ1v) is 23.0. The molecule has 0 radical (unpaired) electrons. The molecule has 5 N–H and O–H groups in total. The van der Waals surface area contributed by atoms with Crippen LogP contribution in [0, 0.1) is 50.4 Å². The quantitative estimate of drug-likeness (QED) is 0.0463. The average molecular weight is 831 g/mol. The molecule has 0 amide bonds. The van der Waals surface area contributed by atoms with Crippen molar-refractivity contribution in [1.29, 1.82) is 0 Å². The Bertz CT molecular complexity index is 2380. The van der Waals surface area contributed by atoms with Gasteiger partial charge in [-0.25, -0.2) is 0 Å². The number of carbonyl (C=O) groups excluding carboxylic acids is 2. The predicted molar refractivity (Wildman–Crippen MR) is 248 cm³/mol. The average Bonchev–Trinajstić information content (AvgIpc) is 3.96. The Labute approximate surface area is 363 Å². The lowest BCUT2D eigenvalue weighted by Gasteiger charge is -2.19. The van der Waals surface area contributed by atoms with Gasteiger partial charge in [-0.15, -0.1) is 0 Å². The molecule has 1 saturated heterocycles. The van der Waals surface area contributed by atoms with Gasteiger partial charge in [0.2, 0.25) is 0 Å². The van der Waals surface area contributed by atoms with Gasteiger partial charge < -0.3 is 30.1 Å². The summed E-state index contributed by atoms with van der Waals surface area (Å²) in [5.41, 5.74) is 11.8. The number of hydrogen-bond acceptors (Lipinski definition) is 5. The minimum atomic E-state index is -1.38. The molecule has 328 valence electrons. The van der Waals surface area contributed by atoms with Crippen molar-refractivity contribution in [2.24, 2.45) is 29.6 Å². The number of unbranched alkanes of at least 4 members (excludes halogenated alkanes) is 1. The number of ketones is 1. The summed E-state index contributed by atoms with van der Waals surface area (Å²) in [6.07, 6.45) is 22.7. The number of rotatable bonds is 19. The van der Waals surface area contributed by atoms with Gasteiger partial charge in [0.15, 0.2) is 5.78 Å². The van der Waals surface area contributed by atoms with Crippen LogP contribution in [0.15, 0.2) is 29.6 Å². The Balaban J connectivity index is 1.25. The molecule has 6 rings (SSSR count). The third-order valence-corrected chi connectivity index (χ3v) is 13.9. The molecule has 0 aromatic carbocycles. The molecule has 0 unspecified atom stereocenters. The summed E-state index contributed by atoms with van der Waals surface area (Å²) in [5, 5.41) is 16.2. The first kappa shape index (κ1) is 45.5. The van der Waals surface area contributed by atoms with Crippen LogP contribution in [0.2, 0.25) is 0 Å². The highest BCUT2D eigenvalue weighted by atomic mass is 16.5. The molecule has 0 saturated carbocycles. The van der Waals surface area contributed by atoms with E-state index in [9.17, 15) is 19.5 Å². The lowest BCUT2D eigenvalue weighted by molar-refractivity contribution is -0.143. The van der Waals surface area contributed by atoms with Gasteiger partial charge in [0, 0.05) is 74.1 Å². The third-order valence-electron chi connectivity index (χ3n) is 13.9. The SMILES string of the molecule is C=Cc1c2[nH]c(c1C)/C=C1\N/C(=C3\c4[nH]c(c(C)c4C(=O)[C@@H]3C(=O)O)/C=c3\[nH]/c(c(C)c3CC)=C\2)[C@@H](CCC(=O)OC/C=C(\C)CCC[C@H](C)CCC[C@H](C)CCCC)[C@@H]1C. The van der Waals surface area contributed by atoms with Gasteiger partial charge in [-0.1, -0.05) is 97.8 Å². The molecule has 0 spiro atoms. The summed E-state index contributed by atoms with van der Waals surface area (Å²) in [4.78, 5) is 51.3. The van der Waals surface area contributed by atoms with Crippen molar-refractivity contribution in [1.82, 2.24) is 20.3 Å². The van der Waals surface area contributed by atoms with Crippen LogP contribution in [-0.2, 0) is 20.7 Å². The maximum Gasteiger partial charge on any atom is 0.319 e. The number of hydrogen-bond donors (Lipinski definition) is 5. The number of aromatic amines is 3. The summed E-state index contributed by atoms with van der Waals surface area (Å²) in [6, 6.07) is 0. The van der Waals surface area contributed by atoms with Gasteiger partial charge in [0.1, 0.15) is 12.5 Å². The molecule has 3 aromatic rings. The number of ether oxygens (including phenoxy) is 1. The van der Waals surface area contributed by atoms with Crippen LogP contribution in [0.1, 0.15) is 173 Å². The van der Waals surface area contributed by atoms with Crippen molar-refractivity contribution in [3.05, 3.63) is 96.5 Å². The number of nitrogens with one attached hydrogen (secondary N) is 4. The van der Waals surface area contributed by atoms with E-state index < -0.39 is 17.7 Å². The van der Waals surface area contributed by atoms with Crippen LogP contribution in [0.4, 0.5) is 0 Å². The number of Topliss-reactive ketones (excluding diaryl/α,β-unsaturated/α-hetero) is 1. The summed E-state index contributed by atoms with van der Waals surface area (Å²) >= 11 is 0. The molecule has 1 fully saturated rings. The van der Waals surface area contributed by atoms with Crippen molar-refractivity contribution in [3.63, 3.8) is 0 Å². The number of carboxylic acid groups (broad SMARTS) is 1. The zero-order valence-corrected chi connectivity index (χ0v) is 38.3. The zero-order chi connectivity index (χ0) is 44.1. The van der Waals surface area contributed by atoms with Crippen LogP contribution in [0.25, 0.3) is 29.9 Å². The molecular formula is C52H70N4O5. The Morgan fingerprint density at radius 1 is 0.869 bits per heavy atom. The molecule has 5 heterocycles. The molecule has 5 atom stereocenters. The summed E-state index contributed by atoms with van der Waals surface area (Å²) in [5.74, 6) is -2.16. The van der Waals surface area contributed by atoms with Crippen molar-refractivity contribution >= 4 is 47.6 Å². The molecule has 9 nitrogen and oxygen atoms in total. The van der Waals surface area contributed by atoms with E-state index in [2.05, 4.69) is 94.4 Å². The smallest absolute Gasteiger partial charge is 0.319 e. The second-order valence-electron chi connectivity index (χ2n) is 18.3. The second-order valence-corrected chi connectivity index (χ2v) is 18.3. The lowest BCUT2D eigenvalue weighted by atomic mass is 9.85. The lowest BCUT2D eigenvalue weighted by Crippen LogP contribution is -2.24. The Kier molecular flexibility index (Phi) is 14.7. The van der Waals surface area contributed by atoms with Crippen LogP contribution < -0.4 is 16.0 Å². The molecule has 9 heteroatoms. The molecule has 61 heavy (non-hydrogen) atoms. The van der Waals surface area contributed by atoms with E-state index in [-0.39, 0.29) is 30.8 Å². The Morgan fingerprint density at radius 2 is 1.54 bits per heavy atom. The van der Waals surface area contributed by atoms with E-state index in [1.165, 1.54) is 50.5 Å². The number of aromatic nitrogens is 3. The standard InChI is InChI=1S/C52H70N4O5/c1-11-14-17-29(4)18-15-19-30(5)20-16-21-31(6)24-25-61-45(57)23-22-38-34(9)41-26-39-32(7)36(12-2)43(53-39)27-40-33(8)37(13-3)44(54-40)28-42-35(10)46-50(56-42)47(49(38)55-41)48(51(46)58)52(59)60/h12,24,26-30,34,38,48,53-56H,2,11,13-23,25H2,1,3-10H3,(H,59,60)/b31-24+,40-27-,41-26-,44-28-,49-47-/t29-,30-,34+,38+,48-/m1/s1. The topological polar surface area (TPSA) is 140 Å². The number of aliphatic carboxylic acids is 1. The second kappa shape index (κ2) is 19.8. The van der Waals surface area contributed by atoms with Gasteiger partial charge in [0.25, 0.3) is 0 Å². The summed E-state index contributed by atoms with van der Waals surface area (Å²) in [7, 11) is 0. The maximum atomic E-state index is 14.2. The largest absolute Gasteiger partial charge is 0.480 e. The van der Waals surface area contributed by atoms with E-state index in [1.54, 1.807) is 0 Å². The molecular weight excluding hydrogens is 761 g/mol. The van der Waals surface area contributed by atoms with E-state index in [0.29, 0.717) is 34.5 Å². The number of esters is 1. The highest BCUT2D eigenvalue weighted by Crippen LogP contribution is 2.48. The zero-order valence-electron chi connectivity index (χ0n) is 38.3. The fourth-order valence-electron chi connectivity index (χ4n) is 10.0. The van der Waals surface area contributed by atoms with Crippen LogP contribution >= 0.6 is 0 Å². The van der Waals surface area contributed by atoms with Gasteiger partial charge >= 0.3 is 11.9 Å². The fraction of sp³-hybridized carbons (Fsp3) is 0.519. The monoisotopic (exact) mass is 831 g/mol. The van der Waals surface area contributed by atoms with Crippen molar-refractivity contribution < 1.29 is 24.2 Å². The molecule has 3 aliphatic rings. The van der Waals surface area contributed by atoms with Gasteiger partial charge in [-0.3, -0.25) is 14.4 Å². The highest BCUT2D eigenvalue weighted by Gasteiger charge is 2.48. The fourth-order valence-corrected chi connectivity index (χ4v) is 10.0. The maximum absolute atomic E-state index is 14.2. The third kappa shape index (κ3) is 9.71. The van der Waals surface area contributed by atoms with E-state index in [0.717, 1.165) is 86.8 Å². The first-order chi connectivity index (χ1) is 29.2.